The van der Waals surface area contributed by atoms with Crippen molar-refractivity contribution in [3.8, 4) is 0 Å². The molecule has 0 aromatic heterocycles. The maximum atomic E-state index is 12.4. The van der Waals surface area contributed by atoms with E-state index in [4.69, 9.17) is 10.5 Å². The molecule has 114 valence electrons. The van der Waals surface area contributed by atoms with Crippen molar-refractivity contribution in [2.45, 2.75) is 39.4 Å². The van der Waals surface area contributed by atoms with Gasteiger partial charge < -0.3 is 15.4 Å². The Balaban J connectivity index is 4.53. The van der Waals surface area contributed by atoms with Crippen molar-refractivity contribution in [2.75, 3.05) is 26.3 Å². The Morgan fingerprint density at radius 3 is 2.37 bits per heavy atom. The van der Waals surface area contributed by atoms with Gasteiger partial charge in [-0.15, -0.1) is 0 Å². The van der Waals surface area contributed by atoms with Crippen molar-refractivity contribution >= 4 is 5.91 Å². The minimum absolute atomic E-state index is 0.00123. The van der Waals surface area contributed by atoms with Crippen molar-refractivity contribution < 1.29 is 22.7 Å². The Labute approximate surface area is 112 Å². The first kappa shape index (κ1) is 18.2. The standard InChI is InChI=1S/C12H23F3N2O2/c1-4-19-7-5-6-17(8-12(13,14)15)11(18)10(16)9(2)3/h9-10H,4-8,16H2,1-3H3. The molecule has 0 aromatic rings. The molecule has 0 fully saturated rings. The van der Waals surface area contributed by atoms with Gasteiger partial charge in [-0.3, -0.25) is 4.79 Å². The second-order valence-corrected chi connectivity index (χ2v) is 4.70. The first-order valence-corrected chi connectivity index (χ1v) is 6.38. The molecule has 4 nitrogen and oxygen atoms in total. The van der Waals surface area contributed by atoms with Crippen LogP contribution in [0.5, 0.6) is 0 Å². The van der Waals surface area contributed by atoms with E-state index in [0.717, 1.165) is 4.90 Å². The summed E-state index contributed by atoms with van der Waals surface area (Å²) in [5, 5.41) is 0. The van der Waals surface area contributed by atoms with Gasteiger partial charge in [0.1, 0.15) is 6.54 Å². The van der Waals surface area contributed by atoms with Gasteiger partial charge in [-0.2, -0.15) is 13.2 Å². The SMILES string of the molecule is CCOCCCN(CC(F)(F)F)C(=O)C(N)C(C)C. The predicted molar refractivity (Wildman–Crippen MR) is 66.6 cm³/mol. The highest BCUT2D eigenvalue weighted by Gasteiger charge is 2.34. The molecule has 0 aliphatic heterocycles. The molecule has 7 heteroatoms. The summed E-state index contributed by atoms with van der Waals surface area (Å²) in [5.41, 5.74) is 5.62. The molecule has 0 aliphatic carbocycles. The van der Waals surface area contributed by atoms with Gasteiger partial charge in [0, 0.05) is 19.8 Å². The van der Waals surface area contributed by atoms with E-state index in [0.29, 0.717) is 19.6 Å². The van der Waals surface area contributed by atoms with Crippen molar-refractivity contribution in [3.63, 3.8) is 0 Å². The topological polar surface area (TPSA) is 55.6 Å². The summed E-state index contributed by atoms with van der Waals surface area (Å²) in [6, 6.07) is -0.908. The summed E-state index contributed by atoms with van der Waals surface area (Å²) in [6.07, 6.45) is -4.06. The Bertz CT molecular complexity index is 270. The molecule has 1 atom stereocenters. The zero-order chi connectivity index (χ0) is 15.1. The molecule has 0 saturated heterocycles. The van der Waals surface area contributed by atoms with Gasteiger partial charge in [-0.25, -0.2) is 0 Å². The lowest BCUT2D eigenvalue weighted by Crippen LogP contribution is -2.50. The molecule has 0 aliphatic rings. The van der Waals surface area contributed by atoms with Crippen LogP contribution in [0, 0.1) is 5.92 Å². The monoisotopic (exact) mass is 284 g/mol. The van der Waals surface area contributed by atoms with Gasteiger partial charge in [0.25, 0.3) is 0 Å². The highest BCUT2D eigenvalue weighted by molar-refractivity contribution is 5.81. The normalized spacial score (nSPS) is 13.7. The van der Waals surface area contributed by atoms with Crippen LogP contribution in [0.4, 0.5) is 13.2 Å². The molecule has 1 unspecified atom stereocenters. The van der Waals surface area contributed by atoms with E-state index < -0.39 is 24.7 Å². The quantitative estimate of drug-likeness (QED) is 0.691. The van der Waals surface area contributed by atoms with Crippen LogP contribution in [-0.2, 0) is 9.53 Å². The number of carbonyl (C=O) groups excluding carboxylic acids is 1. The zero-order valence-electron chi connectivity index (χ0n) is 11.7. The lowest BCUT2D eigenvalue weighted by molar-refractivity contribution is -0.162. The highest BCUT2D eigenvalue weighted by atomic mass is 19.4. The lowest BCUT2D eigenvalue weighted by Gasteiger charge is -2.28. The number of nitrogens with zero attached hydrogens (tertiary/aromatic N) is 1. The number of ether oxygens (including phenoxy) is 1. The number of halogens is 3. The lowest BCUT2D eigenvalue weighted by atomic mass is 10.0. The Morgan fingerprint density at radius 2 is 1.95 bits per heavy atom. The van der Waals surface area contributed by atoms with Crippen LogP contribution >= 0.6 is 0 Å². The summed E-state index contributed by atoms with van der Waals surface area (Å²) in [6.45, 7) is 4.77. The second kappa shape index (κ2) is 8.37. The van der Waals surface area contributed by atoms with Crippen LogP contribution in [0.25, 0.3) is 0 Å². The van der Waals surface area contributed by atoms with Gasteiger partial charge in [-0.05, 0) is 19.3 Å². The van der Waals surface area contributed by atoms with Gasteiger partial charge in [0.2, 0.25) is 5.91 Å². The van der Waals surface area contributed by atoms with E-state index in [9.17, 15) is 18.0 Å². The van der Waals surface area contributed by atoms with Crippen molar-refractivity contribution in [1.82, 2.24) is 4.90 Å². The molecule has 0 bridgehead atoms. The number of hydrogen-bond donors (Lipinski definition) is 1. The summed E-state index contributed by atoms with van der Waals surface area (Å²) < 4.78 is 42.4. The number of nitrogens with two attached hydrogens (primary N) is 1. The Morgan fingerprint density at radius 1 is 1.37 bits per heavy atom. The summed E-state index contributed by atoms with van der Waals surface area (Å²) >= 11 is 0. The average Bonchev–Trinajstić information content (AvgIpc) is 2.29. The van der Waals surface area contributed by atoms with Crippen molar-refractivity contribution in [3.05, 3.63) is 0 Å². The minimum Gasteiger partial charge on any atom is -0.382 e. The van der Waals surface area contributed by atoms with Gasteiger partial charge in [0.15, 0.2) is 0 Å². The number of amides is 1. The van der Waals surface area contributed by atoms with Crippen LogP contribution < -0.4 is 5.73 Å². The van der Waals surface area contributed by atoms with Gasteiger partial charge in [0.05, 0.1) is 6.04 Å². The fraction of sp³-hybridized carbons (Fsp3) is 0.917. The highest BCUT2D eigenvalue weighted by Crippen LogP contribution is 2.18. The van der Waals surface area contributed by atoms with Crippen molar-refractivity contribution in [1.29, 1.82) is 0 Å². The van der Waals surface area contributed by atoms with Crippen LogP contribution in [-0.4, -0.2) is 49.3 Å². The third-order valence-electron chi connectivity index (χ3n) is 2.61. The summed E-state index contributed by atoms with van der Waals surface area (Å²) in [7, 11) is 0. The van der Waals surface area contributed by atoms with Gasteiger partial charge in [-0.1, -0.05) is 13.8 Å². The molecule has 0 heterocycles. The van der Waals surface area contributed by atoms with E-state index in [-0.39, 0.29) is 12.5 Å². The van der Waals surface area contributed by atoms with E-state index in [1.54, 1.807) is 20.8 Å². The van der Waals surface area contributed by atoms with Gasteiger partial charge >= 0.3 is 6.18 Å². The average molecular weight is 284 g/mol. The van der Waals surface area contributed by atoms with Crippen LogP contribution in [0.3, 0.4) is 0 Å². The van der Waals surface area contributed by atoms with E-state index >= 15 is 0 Å². The summed E-state index contributed by atoms with van der Waals surface area (Å²) in [4.78, 5) is 12.7. The molecular formula is C12H23F3N2O2. The molecule has 0 saturated carbocycles. The molecule has 1 amide bonds. The maximum Gasteiger partial charge on any atom is 0.406 e. The maximum absolute atomic E-state index is 12.4. The zero-order valence-corrected chi connectivity index (χ0v) is 11.7. The van der Waals surface area contributed by atoms with Crippen LogP contribution in [0.2, 0.25) is 0 Å². The molecule has 0 radical (unpaired) electrons. The second-order valence-electron chi connectivity index (χ2n) is 4.70. The Kier molecular flexibility index (Phi) is 8.01. The largest absolute Gasteiger partial charge is 0.406 e. The van der Waals surface area contributed by atoms with Crippen LogP contribution in [0.1, 0.15) is 27.2 Å². The molecule has 0 spiro atoms. The molecule has 19 heavy (non-hydrogen) atoms. The third-order valence-corrected chi connectivity index (χ3v) is 2.61. The van der Waals surface area contributed by atoms with E-state index in [1.165, 1.54) is 0 Å². The van der Waals surface area contributed by atoms with Crippen LogP contribution in [0.15, 0.2) is 0 Å². The number of alkyl halides is 3. The third kappa shape index (κ3) is 8.05. The first-order chi connectivity index (χ1) is 8.69. The number of hydrogen-bond acceptors (Lipinski definition) is 3. The molecule has 0 rings (SSSR count). The number of rotatable bonds is 8. The van der Waals surface area contributed by atoms with E-state index in [1.807, 2.05) is 0 Å². The molecule has 0 aromatic carbocycles. The predicted octanol–water partition coefficient (Wildman–Crippen LogP) is 1.79. The first-order valence-electron chi connectivity index (χ1n) is 6.38. The summed E-state index contributed by atoms with van der Waals surface area (Å²) in [5.74, 6) is -0.862. The van der Waals surface area contributed by atoms with Crippen molar-refractivity contribution in [2.24, 2.45) is 11.7 Å². The Hall–Kier alpha value is -0.820. The fourth-order valence-electron chi connectivity index (χ4n) is 1.48. The van der Waals surface area contributed by atoms with E-state index in [2.05, 4.69) is 0 Å². The minimum atomic E-state index is -4.42. The molecule has 2 N–H and O–H groups in total. The fourth-order valence-corrected chi connectivity index (χ4v) is 1.48. The smallest absolute Gasteiger partial charge is 0.382 e. The number of carbonyl (C=O) groups is 1. The molecular weight excluding hydrogens is 261 g/mol.